The van der Waals surface area contributed by atoms with Crippen molar-refractivity contribution in [3.63, 3.8) is 0 Å². The fourth-order valence-electron chi connectivity index (χ4n) is 4.61. The predicted octanol–water partition coefficient (Wildman–Crippen LogP) is 6.75. The molecule has 36 heavy (non-hydrogen) atoms. The minimum atomic E-state index is -0.158. The summed E-state index contributed by atoms with van der Waals surface area (Å²) in [5, 5.41) is 11.9. The standard InChI is InChI=1S/C31H36N4O/c1-23(12-13-28-25(3)29(14-15-31(28,4)5)35-17-16-33-22-35)8-6-9-24(2)18-30(36)34-21-27-11-7-10-26(19-27)20-32/h6-13,16-19,22,29H,14-15,21H2,1-5H3,(H,34,36)/b9-6+,13-12+,23-8+,24-18-. The first-order chi connectivity index (χ1) is 17.2. The van der Waals surface area contributed by atoms with Crippen LogP contribution in [0.15, 0.2) is 102 Å². The lowest BCUT2D eigenvalue weighted by molar-refractivity contribution is -0.116. The highest BCUT2D eigenvalue weighted by Crippen LogP contribution is 2.45. The second-order valence-electron chi connectivity index (χ2n) is 10.1. The number of carbonyl (C=O) groups is 1. The number of nitrogens with zero attached hydrogens (tertiary/aromatic N) is 3. The van der Waals surface area contributed by atoms with Gasteiger partial charge in [0.25, 0.3) is 0 Å². The van der Waals surface area contributed by atoms with Crippen LogP contribution in [0.5, 0.6) is 0 Å². The minimum absolute atomic E-state index is 0.135. The Morgan fingerprint density at radius 3 is 2.81 bits per heavy atom. The monoisotopic (exact) mass is 480 g/mol. The van der Waals surface area contributed by atoms with E-state index in [2.05, 4.69) is 66.9 Å². The van der Waals surface area contributed by atoms with Gasteiger partial charge in [-0.1, -0.05) is 61.9 Å². The van der Waals surface area contributed by atoms with Gasteiger partial charge >= 0.3 is 0 Å². The van der Waals surface area contributed by atoms with E-state index in [1.807, 2.05) is 49.9 Å². The van der Waals surface area contributed by atoms with E-state index in [1.165, 1.54) is 11.1 Å². The van der Waals surface area contributed by atoms with Crippen LogP contribution in [-0.2, 0) is 11.3 Å². The van der Waals surface area contributed by atoms with Gasteiger partial charge in [-0.2, -0.15) is 5.26 Å². The van der Waals surface area contributed by atoms with Gasteiger partial charge in [0.2, 0.25) is 5.91 Å². The van der Waals surface area contributed by atoms with Crippen molar-refractivity contribution in [2.24, 2.45) is 5.41 Å². The number of rotatable bonds is 8. The molecular weight excluding hydrogens is 444 g/mol. The highest BCUT2D eigenvalue weighted by molar-refractivity contribution is 5.88. The number of nitrogens with one attached hydrogen (secondary N) is 1. The van der Waals surface area contributed by atoms with E-state index in [4.69, 9.17) is 5.26 Å². The Morgan fingerprint density at radius 2 is 2.08 bits per heavy atom. The van der Waals surface area contributed by atoms with Gasteiger partial charge in [0.15, 0.2) is 0 Å². The molecule has 2 aromatic rings. The lowest BCUT2D eigenvalue weighted by atomic mass is 9.71. The number of allylic oxidation sites excluding steroid dienone is 9. The molecule has 1 aromatic heterocycles. The van der Waals surface area contributed by atoms with E-state index in [-0.39, 0.29) is 11.3 Å². The zero-order chi connectivity index (χ0) is 26.1. The molecule has 0 aliphatic heterocycles. The van der Waals surface area contributed by atoms with E-state index < -0.39 is 0 Å². The van der Waals surface area contributed by atoms with Crippen LogP contribution in [-0.4, -0.2) is 15.5 Å². The molecule has 0 radical (unpaired) electrons. The van der Waals surface area contributed by atoms with Crippen LogP contribution in [0, 0.1) is 16.7 Å². The van der Waals surface area contributed by atoms with Crippen LogP contribution in [0.3, 0.4) is 0 Å². The van der Waals surface area contributed by atoms with E-state index in [0.29, 0.717) is 18.2 Å². The van der Waals surface area contributed by atoms with E-state index in [1.54, 1.807) is 18.2 Å². The Morgan fingerprint density at radius 1 is 1.28 bits per heavy atom. The average molecular weight is 481 g/mol. The number of hydrogen-bond donors (Lipinski definition) is 1. The van der Waals surface area contributed by atoms with Crippen molar-refractivity contribution >= 4 is 5.91 Å². The smallest absolute Gasteiger partial charge is 0.244 e. The molecule has 5 heteroatoms. The molecule has 1 heterocycles. The molecule has 1 aliphatic carbocycles. The number of imidazole rings is 1. The minimum Gasteiger partial charge on any atom is -0.348 e. The van der Waals surface area contributed by atoms with Crippen molar-refractivity contribution < 1.29 is 4.79 Å². The van der Waals surface area contributed by atoms with Gasteiger partial charge < -0.3 is 9.88 Å². The largest absolute Gasteiger partial charge is 0.348 e. The maximum Gasteiger partial charge on any atom is 0.244 e. The summed E-state index contributed by atoms with van der Waals surface area (Å²) in [6, 6.07) is 9.71. The fourth-order valence-corrected chi connectivity index (χ4v) is 4.61. The van der Waals surface area contributed by atoms with Crippen LogP contribution in [0.2, 0.25) is 0 Å². The predicted molar refractivity (Wildman–Crippen MR) is 146 cm³/mol. The van der Waals surface area contributed by atoms with Gasteiger partial charge in [0, 0.05) is 25.0 Å². The number of aromatic nitrogens is 2. The second kappa shape index (κ2) is 12.2. The molecule has 186 valence electrons. The molecule has 1 atom stereocenters. The molecule has 5 nitrogen and oxygen atoms in total. The Labute approximate surface area is 215 Å². The van der Waals surface area contributed by atoms with Crippen LogP contribution >= 0.6 is 0 Å². The summed E-state index contributed by atoms with van der Waals surface area (Å²) >= 11 is 0. The average Bonchev–Trinajstić information content (AvgIpc) is 3.37. The van der Waals surface area contributed by atoms with Crippen LogP contribution < -0.4 is 5.32 Å². The molecule has 1 unspecified atom stereocenters. The van der Waals surface area contributed by atoms with Crippen LogP contribution in [0.1, 0.15) is 64.6 Å². The van der Waals surface area contributed by atoms with Crippen molar-refractivity contribution in [3.05, 3.63) is 113 Å². The van der Waals surface area contributed by atoms with Crippen LogP contribution in [0.4, 0.5) is 0 Å². The SMILES string of the molecule is CC1=C(/C=C/C(C)=C/C=C/C(C)=C\C(=O)NCc2cccc(C#N)c2)C(C)(C)CCC1n1ccnc1. The molecule has 0 saturated carbocycles. The number of amides is 1. The second-order valence-corrected chi connectivity index (χ2v) is 10.1. The zero-order valence-electron chi connectivity index (χ0n) is 22.0. The molecule has 0 fully saturated rings. The Kier molecular flexibility index (Phi) is 9.02. The van der Waals surface area contributed by atoms with Crippen molar-refractivity contribution in [2.45, 2.75) is 60.0 Å². The first-order valence-corrected chi connectivity index (χ1v) is 12.4. The lowest BCUT2D eigenvalue weighted by Gasteiger charge is -2.37. The number of nitriles is 1. The van der Waals surface area contributed by atoms with Crippen molar-refractivity contribution in [1.29, 1.82) is 5.26 Å². The molecule has 0 saturated heterocycles. The first-order valence-electron chi connectivity index (χ1n) is 12.4. The summed E-state index contributed by atoms with van der Waals surface area (Å²) in [5.74, 6) is -0.158. The first kappa shape index (κ1) is 26.7. The quantitative estimate of drug-likeness (QED) is 0.335. The third-order valence-electron chi connectivity index (χ3n) is 6.69. The topological polar surface area (TPSA) is 70.7 Å². The van der Waals surface area contributed by atoms with Gasteiger partial charge in [-0.15, -0.1) is 0 Å². The summed E-state index contributed by atoms with van der Waals surface area (Å²) < 4.78 is 2.21. The van der Waals surface area contributed by atoms with Crippen molar-refractivity contribution in [3.8, 4) is 6.07 Å². The molecule has 3 rings (SSSR count). The summed E-state index contributed by atoms with van der Waals surface area (Å²) in [6.45, 7) is 11.3. The van der Waals surface area contributed by atoms with Gasteiger partial charge in [-0.05, 0) is 73.4 Å². The van der Waals surface area contributed by atoms with Crippen LogP contribution in [0.25, 0.3) is 0 Å². The zero-order valence-corrected chi connectivity index (χ0v) is 22.0. The number of carbonyl (C=O) groups excluding carboxylic acids is 1. The summed E-state index contributed by atoms with van der Waals surface area (Å²) in [7, 11) is 0. The van der Waals surface area contributed by atoms with Gasteiger partial charge in [0.1, 0.15) is 0 Å². The summed E-state index contributed by atoms with van der Waals surface area (Å²) in [5.41, 5.74) is 6.41. The molecule has 0 spiro atoms. The van der Waals surface area contributed by atoms with Gasteiger partial charge in [-0.25, -0.2) is 4.98 Å². The maximum absolute atomic E-state index is 12.2. The fraction of sp³-hybridized carbons (Fsp3) is 0.323. The van der Waals surface area contributed by atoms with Crippen molar-refractivity contribution in [2.75, 3.05) is 0 Å². The van der Waals surface area contributed by atoms with E-state index in [9.17, 15) is 4.79 Å². The molecular formula is C31H36N4O. The summed E-state index contributed by atoms with van der Waals surface area (Å²) in [6.07, 6.45) is 20.0. The van der Waals surface area contributed by atoms with Crippen molar-refractivity contribution in [1.82, 2.24) is 14.9 Å². The molecule has 1 N–H and O–H groups in total. The molecule has 0 bridgehead atoms. The van der Waals surface area contributed by atoms with E-state index in [0.717, 1.165) is 29.6 Å². The molecule has 1 aliphatic rings. The normalized spacial score (nSPS) is 18.6. The Bertz CT molecular complexity index is 1260. The van der Waals surface area contributed by atoms with Gasteiger partial charge in [0.05, 0.1) is 24.0 Å². The number of hydrogen-bond acceptors (Lipinski definition) is 3. The third-order valence-corrected chi connectivity index (χ3v) is 6.69. The Balaban J connectivity index is 1.61. The molecule has 1 amide bonds. The summed E-state index contributed by atoms with van der Waals surface area (Å²) in [4.78, 5) is 16.5. The highest BCUT2D eigenvalue weighted by atomic mass is 16.1. The Hall–Kier alpha value is -3.91. The molecule has 1 aromatic carbocycles. The van der Waals surface area contributed by atoms with E-state index >= 15 is 0 Å². The lowest BCUT2D eigenvalue weighted by Crippen LogP contribution is -2.25. The van der Waals surface area contributed by atoms with Gasteiger partial charge in [-0.3, -0.25) is 4.79 Å². The maximum atomic E-state index is 12.2. The third kappa shape index (κ3) is 7.29. The number of benzene rings is 1. The highest BCUT2D eigenvalue weighted by Gasteiger charge is 2.32.